The summed E-state index contributed by atoms with van der Waals surface area (Å²) in [5.74, 6) is -0.0705. The van der Waals surface area contributed by atoms with E-state index in [0.717, 1.165) is 16.7 Å². The molecule has 2 aliphatic heterocycles. The van der Waals surface area contributed by atoms with Gasteiger partial charge in [0.25, 0.3) is 11.8 Å². The normalized spacial score (nSPS) is 22.5. The molecular formula is C29H27N5O5S. The van der Waals surface area contributed by atoms with Gasteiger partial charge in [-0.3, -0.25) is 9.59 Å². The average Bonchev–Trinajstić information content (AvgIpc) is 3.52. The molecule has 0 spiro atoms. The quantitative estimate of drug-likeness (QED) is 0.265. The van der Waals surface area contributed by atoms with Crippen molar-refractivity contribution in [2.75, 3.05) is 10.7 Å². The van der Waals surface area contributed by atoms with Crippen molar-refractivity contribution in [1.29, 1.82) is 0 Å². The Labute approximate surface area is 234 Å². The van der Waals surface area contributed by atoms with E-state index >= 15 is 0 Å². The number of carbonyl (C=O) groups is 2. The SMILES string of the molecule is C[C@@H]1[C@H](CSc2nnnn2C)O[C@H](c2ccc(N3C(=O)c4ccccc4C3=O)cc2)O[C@@H]1c1ccc(CO)cc1. The molecule has 0 unspecified atom stereocenters. The second kappa shape index (κ2) is 10.9. The molecule has 4 aromatic rings. The van der Waals surface area contributed by atoms with Gasteiger partial charge in [0.2, 0.25) is 5.16 Å². The second-order valence-electron chi connectivity index (χ2n) is 9.80. The van der Waals surface area contributed by atoms with E-state index in [2.05, 4.69) is 22.4 Å². The monoisotopic (exact) mass is 557 g/mol. The highest BCUT2D eigenvalue weighted by Crippen LogP contribution is 2.43. The van der Waals surface area contributed by atoms with Gasteiger partial charge in [0.15, 0.2) is 6.29 Å². The van der Waals surface area contributed by atoms with Gasteiger partial charge in [-0.2, -0.15) is 0 Å². The third kappa shape index (κ3) is 4.81. The van der Waals surface area contributed by atoms with Crippen LogP contribution in [0.3, 0.4) is 0 Å². The lowest BCUT2D eigenvalue weighted by Crippen LogP contribution is -2.38. The van der Waals surface area contributed by atoms with Gasteiger partial charge in [-0.25, -0.2) is 9.58 Å². The maximum absolute atomic E-state index is 12.9. The Morgan fingerprint density at radius 3 is 2.15 bits per heavy atom. The minimum Gasteiger partial charge on any atom is -0.392 e. The summed E-state index contributed by atoms with van der Waals surface area (Å²) in [5.41, 5.74) is 3.86. The molecule has 11 heteroatoms. The van der Waals surface area contributed by atoms with E-state index in [-0.39, 0.29) is 36.5 Å². The Morgan fingerprint density at radius 1 is 0.900 bits per heavy atom. The predicted octanol–water partition coefficient (Wildman–Crippen LogP) is 4.09. The number of hydrogen-bond acceptors (Lipinski definition) is 9. The van der Waals surface area contributed by atoms with Crippen molar-refractivity contribution in [1.82, 2.24) is 20.2 Å². The molecule has 1 N–H and O–H groups in total. The number of aromatic nitrogens is 4. The number of anilines is 1. The Kier molecular flexibility index (Phi) is 7.20. The van der Waals surface area contributed by atoms with Crippen LogP contribution in [-0.2, 0) is 23.1 Å². The Balaban J connectivity index is 1.26. The van der Waals surface area contributed by atoms with Crippen LogP contribution in [0.5, 0.6) is 0 Å². The first-order chi connectivity index (χ1) is 19.4. The molecule has 1 aromatic heterocycles. The first kappa shape index (κ1) is 26.3. The number of aliphatic hydroxyl groups excluding tert-OH is 1. The van der Waals surface area contributed by atoms with E-state index in [0.29, 0.717) is 27.7 Å². The summed E-state index contributed by atoms with van der Waals surface area (Å²) >= 11 is 1.51. The summed E-state index contributed by atoms with van der Waals surface area (Å²) in [5, 5.41) is 21.8. The van der Waals surface area contributed by atoms with Crippen molar-refractivity contribution in [2.45, 2.75) is 37.2 Å². The van der Waals surface area contributed by atoms with Gasteiger partial charge < -0.3 is 14.6 Å². The van der Waals surface area contributed by atoms with Gasteiger partial charge in [0.05, 0.1) is 35.6 Å². The summed E-state index contributed by atoms with van der Waals surface area (Å²) in [6.45, 7) is 2.06. The van der Waals surface area contributed by atoms with Crippen molar-refractivity contribution >= 4 is 29.3 Å². The van der Waals surface area contributed by atoms with Gasteiger partial charge in [0.1, 0.15) is 0 Å². The minimum atomic E-state index is -0.682. The van der Waals surface area contributed by atoms with Gasteiger partial charge in [-0.05, 0) is 45.8 Å². The van der Waals surface area contributed by atoms with E-state index in [1.54, 1.807) is 48.1 Å². The van der Waals surface area contributed by atoms with Gasteiger partial charge in [-0.1, -0.05) is 67.2 Å². The highest BCUT2D eigenvalue weighted by atomic mass is 32.2. The third-order valence-corrected chi connectivity index (χ3v) is 8.40. The highest BCUT2D eigenvalue weighted by Gasteiger charge is 2.39. The summed E-state index contributed by atoms with van der Waals surface area (Å²) in [6, 6.07) is 21.7. The first-order valence-electron chi connectivity index (χ1n) is 12.9. The minimum absolute atomic E-state index is 0.00235. The van der Waals surface area contributed by atoms with Crippen molar-refractivity contribution in [3.63, 3.8) is 0 Å². The molecule has 0 bridgehead atoms. The first-order valence-corrected chi connectivity index (χ1v) is 13.9. The average molecular weight is 558 g/mol. The molecule has 40 heavy (non-hydrogen) atoms. The molecule has 2 amide bonds. The number of tetrazole rings is 1. The number of imide groups is 1. The number of aliphatic hydroxyl groups is 1. The van der Waals surface area contributed by atoms with Crippen molar-refractivity contribution in [3.05, 3.63) is 101 Å². The van der Waals surface area contributed by atoms with Crippen LogP contribution in [0, 0.1) is 5.92 Å². The van der Waals surface area contributed by atoms with E-state index in [4.69, 9.17) is 9.47 Å². The summed E-state index contributed by atoms with van der Waals surface area (Å²) in [7, 11) is 1.79. The van der Waals surface area contributed by atoms with Crippen LogP contribution in [0.15, 0.2) is 78.0 Å². The van der Waals surface area contributed by atoms with Crippen LogP contribution in [-0.4, -0.2) is 49.0 Å². The van der Waals surface area contributed by atoms with Gasteiger partial charge in [-0.15, -0.1) is 5.10 Å². The fraction of sp³-hybridized carbons (Fsp3) is 0.276. The number of thioether (sulfide) groups is 1. The van der Waals surface area contributed by atoms with Crippen LogP contribution < -0.4 is 4.90 Å². The Hall–Kier alpha value is -3.90. The molecule has 0 radical (unpaired) electrons. The number of fused-ring (bicyclic) bond motifs is 1. The number of hydrogen-bond donors (Lipinski definition) is 1. The number of aryl methyl sites for hydroxylation is 1. The number of ether oxygens (including phenoxy) is 2. The number of nitrogens with zero attached hydrogens (tertiary/aromatic N) is 5. The molecule has 1 saturated heterocycles. The zero-order valence-corrected chi connectivity index (χ0v) is 22.7. The molecule has 0 saturated carbocycles. The third-order valence-electron chi connectivity index (χ3n) is 7.30. The van der Waals surface area contributed by atoms with E-state index in [9.17, 15) is 14.7 Å². The summed E-state index contributed by atoms with van der Waals surface area (Å²) in [6.07, 6.45) is -1.15. The lowest BCUT2D eigenvalue weighted by molar-refractivity contribution is -0.268. The standard InChI is InChI=1S/C29H27N5O5S/c1-17-24(16-40-29-30-31-32-33(29)2)38-28(39-25(17)19-9-7-18(15-35)8-10-19)20-11-13-21(14-12-20)34-26(36)22-5-3-4-6-23(22)27(34)37/h3-14,17,24-25,28,35H,15-16H2,1-2H3/t17-,24+,25+,28+/m1/s1. The van der Waals surface area contributed by atoms with Crippen LogP contribution in [0.2, 0.25) is 0 Å². The second-order valence-corrected chi connectivity index (χ2v) is 10.8. The van der Waals surface area contributed by atoms with Crippen LogP contribution in [0.1, 0.15) is 56.7 Å². The Morgan fingerprint density at radius 2 is 1.55 bits per heavy atom. The lowest BCUT2D eigenvalue weighted by atomic mass is 9.91. The zero-order valence-electron chi connectivity index (χ0n) is 21.9. The largest absolute Gasteiger partial charge is 0.392 e. The topological polar surface area (TPSA) is 120 Å². The molecule has 0 aliphatic carbocycles. The molecule has 4 atom stereocenters. The molecule has 6 rings (SSSR count). The number of carbonyl (C=O) groups excluding carboxylic acids is 2. The maximum atomic E-state index is 12.9. The maximum Gasteiger partial charge on any atom is 0.266 e. The molecule has 3 aromatic carbocycles. The zero-order chi connectivity index (χ0) is 27.8. The fourth-order valence-corrected chi connectivity index (χ4v) is 6.03. The summed E-state index contributed by atoms with van der Waals surface area (Å²) in [4.78, 5) is 27.1. The molecule has 2 aliphatic rings. The highest BCUT2D eigenvalue weighted by molar-refractivity contribution is 7.99. The van der Waals surface area contributed by atoms with Crippen LogP contribution in [0.4, 0.5) is 5.69 Å². The van der Waals surface area contributed by atoms with Crippen molar-refractivity contribution < 1.29 is 24.2 Å². The van der Waals surface area contributed by atoms with Crippen molar-refractivity contribution in [3.8, 4) is 0 Å². The van der Waals surface area contributed by atoms with E-state index < -0.39 is 6.29 Å². The summed E-state index contributed by atoms with van der Waals surface area (Å²) < 4.78 is 14.6. The molecular weight excluding hydrogens is 530 g/mol. The van der Waals surface area contributed by atoms with E-state index in [1.165, 1.54) is 16.7 Å². The molecule has 3 heterocycles. The fourth-order valence-electron chi connectivity index (χ4n) is 5.01. The molecule has 204 valence electrons. The van der Waals surface area contributed by atoms with Gasteiger partial charge in [0, 0.05) is 24.3 Å². The Bertz CT molecular complexity index is 1510. The predicted molar refractivity (Wildman–Crippen MR) is 147 cm³/mol. The smallest absolute Gasteiger partial charge is 0.266 e. The number of benzene rings is 3. The lowest BCUT2D eigenvalue weighted by Gasteiger charge is -2.41. The molecule has 1 fully saturated rings. The number of amides is 2. The van der Waals surface area contributed by atoms with E-state index in [1.807, 2.05) is 36.4 Å². The van der Waals surface area contributed by atoms with Crippen LogP contribution >= 0.6 is 11.8 Å². The number of rotatable bonds is 7. The van der Waals surface area contributed by atoms with Gasteiger partial charge >= 0.3 is 0 Å². The van der Waals surface area contributed by atoms with Crippen LogP contribution in [0.25, 0.3) is 0 Å². The van der Waals surface area contributed by atoms with Crippen molar-refractivity contribution in [2.24, 2.45) is 13.0 Å². The molecule has 10 nitrogen and oxygen atoms in total.